The molecule has 1 amide bonds. The summed E-state index contributed by atoms with van der Waals surface area (Å²) in [5.41, 5.74) is 1.38. The first-order chi connectivity index (χ1) is 14.6. The van der Waals surface area contributed by atoms with Crippen LogP contribution in [0.25, 0.3) is 11.4 Å². The van der Waals surface area contributed by atoms with Gasteiger partial charge < -0.3 is 9.84 Å². The van der Waals surface area contributed by atoms with Crippen molar-refractivity contribution in [3.8, 4) is 11.4 Å². The molecule has 1 fully saturated rings. The van der Waals surface area contributed by atoms with Crippen molar-refractivity contribution in [3.63, 3.8) is 0 Å². The molecule has 0 saturated carbocycles. The smallest absolute Gasteiger partial charge is 0.244 e. The highest BCUT2D eigenvalue weighted by molar-refractivity contribution is 5.78. The third-order valence-corrected chi connectivity index (χ3v) is 5.17. The van der Waals surface area contributed by atoms with Gasteiger partial charge >= 0.3 is 0 Å². The summed E-state index contributed by atoms with van der Waals surface area (Å²) in [6.07, 6.45) is 2.78. The summed E-state index contributed by atoms with van der Waals surface area (Å²) in [6.45, 7) is 1.28. The molecule has 1 unspecified atom stereocenters. The Kier molecular flexibility index (Phi) is 6.13. The lowest BCUT2D eigenvalue weighted by Crippen LogP contribution is -2.41. The zero-order valence-electron chi connectivity index (χ0n) is 16.4. The van der Waals surface area contributed by atoms with Crippen LogP contribution in [0.2, 0.25) is 0 Å². The average molecular weight is 412 g/mol. The molecule has 0 spiro atoms. The fourth-order valence-corrected chi connectivity index (χ4v) is 3.62. The van der Waals surface area contributed by atoms with Crippen LogP contribution in [0.1, 0.15) is 36.8 Å². The molecule has 1 N–H and O–H groups in total. The van der Waals surface area contributed by atoms with Crippen LogP contribution in [-0.4, -0.2) is 34.0 Å². The molecule has 6 nitrogen and oxygen atoms in total. The zero-order valence-corrected chi connectivity index (χ0v) is 16.4. The molecule has 156 valence electrons. The molecule has 0 bridgehead atoms. The Hall–Kier alpha value is -3.13. The molecule has 0 aliphatic carbocycles. The number of amides is 1. The summed E-state index contributed by atoms with van der Waals surface area (Å²) in [4.78, 5) is 18.9. The van der Waals surface area contributed by atoms with Crippen LogP contribution in [0.5, 0.6) is 0 Å². The molecule has 3 aromatic rings. The normalized spacial score (nSPS) is 17.1. The van der Waals surface area contributed by atoms with Gasteiger partial charge in [0.25, 0.3) is 0 Å². The Labute approximate surface area is 172 Å². The maximum absolute atomic E-state index is 13.5. The van der Waals surface area contributed by atoms with E-state index in [2.05, 4.69) is 15.5 Å². The maximum atomic E-state index is 13.5. The monoisotopic (exact) mass is 412 g/mol. The zero-order chi connectivity index (χ0) is 20.9. The van der Waals surface area contributed by atoms with Crippen molar-refractivity contribution >= 4 is 5.91 Å². The molecule has 1 aliphatic heterocycles. The van der Waals surface area contributed by atoms with E-state index in [1.165, 1.54) is 24.3 Å². The Morgan fingerprint density at radius 1 is 1.13 bits per heavy atom. The number of halogens is 2. The number of carbonyl (C=O) groups excluding carboxylic acids is 1. The highest BCUT2D eigenvalue weighted by atomic mass is 19.1. The van der Waals surface area contributed by atoms with E-state index in [1.807, 2.05) is 4.90 Å². The van der Waals surface area contributed by atoms with Crippen molar-refractivity contribution in [2.45, 2.75) is 31.8 Å². The number of nitrogens with zero attached hydrogens (tertiary/aromatic N) is 3. The third kappa shape index (κ3) is 4.88. The van der Waals surface area contributed by atoms with Gasteiger partial charge in [-0.25, -0.2) is 8.78 Å². The number of hydrogen-bond acceptors (Lipinski definition) is 5. The van der Waals surface area contributed by atoms with Gasteiger partial charge in [-0.2, -0.15) is 4.98 Å². The predicted octanol–water partition coefficient (Wildman–Crippen LogP) is 3.86. The Morgan fingerprint density at radius 2 is 1.97 bits per heavy atom. The van der Waals surface area contributed by atoms with E-state index in [-0.39, 0.29) is 30.1 Å². The standard InChI is InChI=1S/C22H22F2N4O2/c23-17-9-7-15(8-10-17)13-25-20(29)14-28-11-2-1-6-19(28)22-26-21(27-30-22)16-4-3-5-18(24)12-16/h3-5,7-10,12,19H,1-2,6,11,13-14H2,(H,25,29). The van der Waals surface area contributed by atoms with Crippen LogP contribution in [0.15, 0.2) is 53.1 Å². The number of benzene rings is 2. The SMILES string of the molecule is O=C(CN1CCCCC1c1nc(-c2cccc(F)c2)no1)NCc1ccc(F)cc1. The minimum absolute atomic E-state index is 0.129. The van der Waals surface area contributed by atoms with Crippen LogP contribution in [0.4, 0.5) is 8.78 Å². The van der Waals surface area contributed by atoms with E-state index < -0.39 is 0 Å². The molecule has 2 heterocycles. The van der Waals surface area contributed by atoms with Crippen molar-refractivity contribution in [1.29, 1.82) is 0 Å². The fraction of sp³-hybridized carbons (Fsp3) is 0.318. The topological polar surface area (TPSA) is 71.3 Å². The first kappa shape index (κ1) is 20.2. The van der Waals surface area contributed by atoms with Gasteiger partial charge in [0.2, 0.25) is 17.6 Å². The van der Waals surface area contributed by atoms with E-state index in [0.29, 0.717) is 23.8 Å². The quantitative estimate of drug-likeness (QED) is 0.666. The van der Waals surface area contributed by atoms with Crippen molar-refractivity contribution in [2.75, 3.05) is 13.1 Å². The number of rotatable bonds is 6. The molecule has 1 aromatic heterocycles. The van der Waals surface area contributed by atoms with Crippen molar-refractivity contribution < 1.29 is 18.1 Å². The largest absolute Gasteiger partial charge is 0.351 e. The molecule has 30 heavy (non-hydrogen) atoms. The van der Waals surface area contributed by atoms with Gasteiger partial charge in [0, 0.05) is 12.1 Å². The van der Waals surface area contributed by atoms with Crippen LogP contribution in [0, 0.1) is 11.6 Å². The van der Waals surface area contributed by atoms with Crippen molar-refractivity contribution in [1.82, 2.24) is 20.4 Å². The molecular weight excluding hydrogens is 390 g/mol. The first-order valence-electron chi connectivity index (χ1n) is 9.93. The molecule has 1 atom stereocenters. The highest BCUT2D eigenvalue weighted by Crippen LogP contribution is 2.30. The molecule has 4 rings (SSSR count). The van der Waals surface area contributed by atoms with E-state index in [0.717, 1.165) is 31.4 Å². The Morgan fingerprint density at radius 3 is 2.77 bits per heavy atom. The molecule has 8 heteroatoms. The second-order valence-corrected chi connectivity index (χ2v) is 7.35. The molecule has 1 saturated heterocycles. The lowest BCUT2D eigenvalue weighted by Gasteiger charge is -2.32. The van der Waals surface area contributed by atoms with Gasteiger partial charge in [-0.05, 0) is 49.2 Å². The average Bonchev–Trinajstić information content (AvgIpc) is 3.24. The van der Waals surface area contributed by atoms with Gasteiger partial charge in [0.15, 0.2) is 0 Å². The van der Waals surface area contributed by atoms with E-state index >= 15 is 0 Å². The van der Waals surface area contributed by atoms with Gasteiger partial charge in [-0.15, -0.1) is 0 Å². The maximum Gasteiger partial charge on any atom is 0.244 e. The van der Waals surface area contributed by atoms with E-state index in [9.17, 15) is 13.6 Å². The van der Waals surface area contributed by atoms with E-state index in [1.54, 1.807) is 24.3 Å². The summed E-state index contributed by atoms with van der Waals surface area (Å²) < 4.78 is 31.9. The third-order valence-electron chi connectivity index (χ3n) is 5.17. The first-order valence-corrected chi connectivity index (χ1v) is 9.93. The number of carbonyl (C=O) groups is 1. The lowest BCUT2D eigenvalue weighted by atomic mass is 10.0. The molecular formula is C22H22F2N4O2. The minimum atomic E-state index is -0.365. The number of aromatic nitrogens is 2. The second-order valence-electron chi connectivity index (χ2n) is 7.35. The lowest BCUT2D eigenvalue weighted by molar-refractivity contribution is -0.123. The second kappa shape index (κ2) is 9.13. The number of nitrogens with one attached hydrogen (secondary N) is 1. The van der Waals surface area contributed by atoms with Crippen LogP contribution >= 0.6 is 0 Å². The number of piperidine rings is 1. The summed E-state index contributed by atoms with van der Waals surface area (Å²) in [5.74, 6) is -0.0402. The number of likely N-dealkylation sites (tertiary alicyclic amines) is 1. The van der Waals surface area contributed by atoms with Crippen LogP contribution in [0.3, 0.4) is 0 Å². The van der Waals surface area contributed by atoms with Crippen molar-refractivity contribution in [2.24, 2.45) is 0 Å². The molecule has 2 aromatic carbocycles. The Bertz CT molecular complexity index is 1010. The van der Waals surface area contributed by atoms with Gasteiger partial charge in [0.05, 0.1) is 12.6 Å². The van der Waals surface area contributed by atoms with Crippen LogP contribution < -0.4 is 5.32 Å². The minimum Gasteiger partial charge on any atom is -0.351 e. The Balaban J connectivity index is 1.40. The summed E-state index contributed by atoms with van der Waals surface area (Å²) in [6, 6.07) is 11.9. The van der Waals surface area contributed by atoms with Gasteiger partial charge in [0.1, 0.15) is 11.6 Å². The number of hydrogen-bond donors (Lipinski definition) is 1. The molecule has 1 aliphatic rings. The fourth-order valence-electron chi connectivity index (χ4n) is 3.62. The summed E-state index contributed by atoms with van der Waals surface area (Å²) in [7, 11) is 0. The summed E-state index contributed by atoms with van der Waals surface area (Å²) in [5, 5.41) is 6.85. The summed E-state index contributed by atoms with van der Waals surface area (Å²) >= 11 is 0. The molecule has 0 radical (unpaired) electrons. The van der Waals surface area contributed by atoms with E-state index in [4.69, 9.17) is 4.52 Å². The van der Waals surface area contributed by atoms with Crippen molar-refractivity contribution in [3.05, 3.63) is 71.6 Å². The van der Waals surface area contributed by atoms with Gasteiger partial charge in [-0.3, -0.25) is 9.69 Å². The highest BCUT2D eigenvalue weighted by Gasteiger charge is 2.30. The van der Waals surface area contributed by atoms with Crippen LogP contribution in [-0.2, 0) is 11.3 Å². The van der Waals surface area contributed by atoms with Gasteiger partial charge in [-0.1, -0.05) is 35.8 Å². The predicted molar refractivity (Wildman–Crippen MR) is 106 cm³/mol.